The minimum absolute atomic E-state index is 0.355. The number of piperidine rings is 1. The van der Waals surface area contributed by atoms with Gasteiger partial charge < -0.3 is 9.84 Å². The Morgan fingerprint density at radius 3 is 2.91 bits per heavy atom. The summed E-state index contributed by atoms with van der Waals surface area (Å²) in [5, 5.41) is 10.2. The maximum Gasteiger partial charge on any atom is 0.0900 e. The molecule has 0 radical (unpaired) electrons. The second-order valence-electron chi connectivity index (χ2n) is 8.33. The SMILES string of the molecule is CC1CCCCN1CC(O)COCC1=CCC2CC1C2(C)C. The summed E-state index contributed by atoms with van der Waals surface area (Å²) < 4.78 is 5.86. The van der Waals surface area contributed by atoms with E-state index in [9.17, 15) is 5.11 Å². The molecule has 0 amide bonds. The summed E-state index contributed by atoms with van der Waals surface area (Å²) >= 11 is 0. The standard InChI is InChI=1S/C19H33NO2/c1-14-6-4-5-9-20(14)11-17(21)13-22-12-15-7-8-16-10-18(15)19(16,2)3/h7,14,16-18,21H,4-6,8-13H2,1-3H3. The van der Waals surface area contributed by atoms with Crippen molar-refractivity contribution in [3.8, 4) is 0 Å². The maximum absolute atomic E-state index is 10.2. The number of aliphatic hydroxyl groups is 1. The molecule has 1 N–H and O–H groups in total. The molecule has 4 atom stereocenters. The first-order chi connectivity index (χ1) is 10.5. The average molecular weight is 307 g/mol. The normalized spacial score (nSPS) is 35.6. The van der Waals surface area contributed by atoms with Crippen molar-refractivity contribution in [1.29, 1.82) is 0 Å². The van der Waals surface area contributed by atoms with Crippen LogP contribution in [0.2, 0.25) is 0 Å². The Hall–Kier alpha value is -0.380. The second-order valence-corrected chi connectivity index (χ2v) is 8.33. The Balaban J connectivity index is 1.39. The number of hydrogen-bond donors (Lipinski definition) is 1. The zero-order valence-corrected chi connectivity index (χ0v) is 14.6. The van der Waals surface area contributed by atoms with E-state index in [1.165, 1.54) is 37.7 Å². The summed E-state index contributed by atoms with van der Waals surface area (Å²) in [5.41, 5.74) is 1.95. The summed E-state index contributed by atoms with van der Waals surface area (Å²) in [7, 11) is 0. The van der Waals surface area contributed by atoms with Crippen LogP contribution in [0.4, 0.5) is 0 Å². The molecule has 0 aromatic rings. The number of aliphatic hydroxyl groups excluding tert-OH is 1. The molecule has 126 valence electrons. The Morgan fingerprint density at radius 1 is 1.41 bits per heavy atom. The monoisotopic (exact) mass is 307 g/mol. The molecular formula is C19H33NO2. The molecule has 1 heterocycles. The van der Waals surface area contributed by atoms with Crippen molar-refractivity contribution < 1.29 is 9.84 Å². The summed E-state index contributed by atoms with van der Waals surface area (Å²) in [6.45, 7) is 10.1. The Labute approximate surface area is 135 Å². The summed E-state index contributed by atoms with van der Waals surface area (Å²) in [6, 6.07) is 0.608. The topological polar surface area (TPSA) is 32.7 Å². The van der Waals surface area contributed by atoms with Crippen LogP contribution >= 0.6 is 0 Å². The molecule has 1 saturated carbocycles. The first-order valence-electron chi connectivity index (χ1n) is 9.17. The van der Waals surface area contributed by atoms with E-state index in [0.717, 1.165) is 19.0 Å². The van der Waals surface area contributed by atoms with E-state index in [1.807, 2.05) is 0 Å². The van der Waals surface area contributed by atoms with Crippen molar-refractivity contribution in [2.45, 2.75) is 65.0 Å². The van der Waals surface area contributed by atoms with Crippen LogP contribution in [0.3, 0.4) is 0 Å². The minimum atomic E-state index is -0.355. The van der Waals surface area contributed by atoms with E-state index in [4.69, 9.17) is 4.74 Å². The number of allylic oxidation sites excluding steroid dienone is 1. The Kier molecular flexibility index (Phi) is 4.96. The fourth-order valence-corrected chi connectivity index (χ4v) is 4.71. The van der Waals surface area contributed by atoms with E-state index in [-0.39, 0.29) is 6.10 Å². The van der Waals surface area contributed by atoms with Crippen LogP contribution in [-0.2, 0) is 4.74 Å². The van der Waals surface area contributed by atoms with Gasteiger partial charge in [-0.2, -0.15) is 0 Å². The van der Waals surface area contributed by atoms with Gasteiger partial charge in [0, 0.05) is 12.6 Å². The highest BCUT2D eigenvalue weighted by Gasteiger charge is 2.50. The Bertz CT molecular complexity index is 418. The average Bonchev–Trinajstić information content (AvgIpc) is 2.49. The Morgan fingerprint density at radius 2 is 2.23 bits per heavy atom. The number of fused-ring (bicyclic) bond motifs is 1. The lowest BCUT2D eigenvalue weighted by molar-refractivity contribution is -0.0282. The van der Waals surface area contributed by atoms with Gasteiger partial charge in [0.15, 0.2) is 0 Å². The van der Waals surface area contributed by atoms with E-state index >= 15 is 0 Å². The first kappa shape index (κ1) is 16.5. The molecule has 4 aliphatic rings. The third-order valence-electron chi connectivity index (χ3n) is 6.55. The predicted octanol–water partition coefficient (Wildman–Crippen LogP) is 3.23. The molecule has 2 bridgehead atoms. The molecule has 3 heteroatoms. The van der Waals surface area contributed by atoms with Crippen molar-refractivity contribution in [2.24, 2.45) is 17.3 Å². The molecule has 1 saturated heterocycles. The highest BCUT2D eigenvalue weighted by molar-refractivity contribution is 5.23. The number of rotatable bonds is 6. The van der Waals surface area contributed by atoms with Crippen molar-refractivity contribution in [3.63, 3.8) is 0 Å². The quantitative estimate of drug-likeness (QED) is 0.765. The highest BCUT2D eigenvalue weighted by atomic mass is 16.5. The van der Waals surface area contributed by atoms with Gasteiger partial charge in [-0.15, -0.1) is 0 Å². The second kappa shape index (κ2) is 6.62. The first-order valence-corrected chi connectivity index (χ1v) is 9.17. The van der Waals surface area contributed by atoms with Crippen molar-refractivity contribution in [2.75, 3.05) is 26.3 Å². The third kappa shape index (κ3) is 3.27. The number of ether oxygens (including phenoxy) is 1. The van der Waals surface area contributed by atoms with Gasteiger partial charge in [0.25, 0.3) is 0 Å². The van der Waals surface area contributed by atoms with Gasteiger partial charge in [0.1, 0.15) is 0 Å². The molecule has 22 heavy (non-hydrogen) atoms. The van der Waals surface area contributed by atoms with Gasteiger partial charge in [-0.3, -0.25) is 4.90 Å². The summed E-state index contributed by atoms with van der Waals surface area (Å²) in [6.07, 6.45) is 8.46. The van der Waals surface area contributed by atoms with Crippen LogP contribution in [0.25, 0.3) is 0 Å². The van der Waals surface area contributed by atoms with Crippen LogP contribution < -0.4 is 0 Å². The molecule has 4 unspecified atom stereocenters. The van der Waals surface area contributed by atoms with Crippen molar-refractivity contribution >= 4 is 0 Å². The van der Waals surface area contributed by atoms with Crippen LogP contribution in [-0.4, -0.2) is 48.5 Å². The zero-order chi connectivity index (χ0) is 15.7. The van der Waals surface area contributed by atoms with Gasteiger partial charge in [-0.05, 0) is 62.0 Å². The smallest absolute Gasteiger partial charge is 0.0900 e. The lowest BCUT2D eigenvalue weighted by Crippen LogP contribution is -2.48. The number of hydrogen-bond acceptors (Lipinski definition) is 3. The van der Waals surface area contributed by atoms with Crippen molar-refractivity contribution in [1.82, 2.24) is 4.90 Å². The van der Waals surface area contributed by atoms with Gasteiger partial charge in [0.2, 0.25) is 0 Å². The number of β-amino-alcohol motifs (C(OH)–C–C–N with tert-alkyl or cyclic N) is 1. The van der Waals surface area contributed by atoms with Crippen LogP contribution in [0, 0.1) is 17.3 Å². The number of likely N-dealkylation sites (tertiary alicyclic amines) is 1. The van der Waals surface area contributed by atoms with Crippen LogP contribution in [0.1, 0.15) is 52.9 Å². The molecule has 4 rings (SSSR count). The molecule has 3 aliphatic carbocycles. The van der Waals surface area contributed by atoms with Crippen LogP contribution in [0.5, 0.6) is 0 Å². The lowest BCUT2D eigenvalue weighted by Gasteiger charge is -2.56. The third-order valence-corrected chi connectivity index (χ3v) is 6.55. The van der Waals surface area contributed by atoms with Crippen LogP contribution in [0.15, 0.2) is 11.6 Å². The zero-order valence-electron chi connectivity index (χ0n) is 14.6. The van der Waals surface area contributed by atoms with Gasteiger partial charge in [-0.25, -0.2) is 0 Å². The van der Waals surface area contributed by atoms with E-state index in [0.29, 0.717) is 30.6 Å². The molecule has 0 aromatic heterocycles. The number of nitrogens with zero attached hydrogens (tertiary/aromatic N) is 1. The van der Waals surface area contributed by atoms with E-state index in [1.54, 1.807) is 0 Å². The predicted molar refractivity (Wildman–Crippen MR) is 89.8 cm³/mol. The van der Waals surface area contributed by atoms with Gasteiger partial charge >= 0.3 is 0 Å². The maximum atomic E-state index is 10.2. The highest BCUT2D eigenvalue weighted by Crippen LogP contribution is 2.59. The largest absolute Gasteiger partial charge is 0.389 e. The molecule has 2 fully saturated rings. The summed E-state index contributed by atoms with van der Waals surface area (Å²) in [5.74, 6) is 1.60. The van der Waals surface area contributed by atoms with E-state index in [2.05, 4.69) is 31.7 Å². The molecule has 1 aliphatic heterocycles. The van der Waals surface area contributed by atoms with Crippen molar-refractivity contribution in [3.05, 3.63) is 11.6 Å². The minimum Gasteiger partial charge on any atom is -0.389 e. The van der Waals surface area contributed by atoms with Gasteiger partial charge in [0.05, 0.1) is 19.3 Å². The molecular weight excluding hydrogens is 274 g/mol. The fraction of sp³-hybridized carbons (Fsp3) is 0.895. The fourth-order valence-electron chi connectivity index (χ4n) is 4.71. The molecule has 3 nitrogen and oxygen atoms in total. The molecule has 0 spiro atoms. The molecule has 0 aromatic carbocycles. The van der Waals surface area contributed by atoms with E-state index < -0.39 is 0 Å². The van der Waals surface area contributed by atoms with Gasteiger partial charge in [-0.1, -0.05) is 26.3 Å². The lowest BCUT2D eigenvalue weighted by atomic mass is 9.49. The summed E-state index contributed by atoms with van der Waals surface area (Å²) in [4.78, 5) is 2.41.